The summed E-state index contributed by atoms with van der Waals surface area (Å²) in [6.07, 6.45) is 5.50. The molecule has 106 valence electrons. The minimum absolute atomic E-state index is 0.313. The van der Waals surface area contributed by atoms with Crippen molar-refractivity contribution in [3.63, 3.8) is 0 Å². The zero-order chi connectivity index (χ0) is 14.9. The maximum atomic E-state index is 11.4. The van der Waals surface area contributed by atoms with Gasteiger partial charge in [-0.05, 0) is 60.6 Å². The molecule has 1 aromatic carbocycles. The van der Waals surface area contributed by atoms with Gasteiger partial charge < -0.3 is 5.32 Å². The molecular weight excluding hydrogens is 385 g/mol. The van der Waals surface area contributed by atoms with Crippen molar-refractivity contribution in [2.24, 2.45) is 0 Å². The third-order valence-corrected chi connectivity index (χ3v) is 4.63. The second-order valence-electron chi connectivity index (χ2n) is 4.92. The highest BCUT2D eigenvalue weighted by molar-refractivity contribution is 14.1. The number of hydrogen-bond acceptors (Lipinski definition) is 3. The van der Waals surface area contributed by atoms with Crippen molar-refractivity contribution >= 4 is 43.4 Å². The number of halogens is 1. The topological polar surface area (TPSA) is 46.2 Å². The largest absolute Gasteiger partial charge is 0.373 e. The summed E-state index contributed by atoms with van der Waals surface area (Å²) < 4.78 is 23.6. The molecule has 20 heavy (non-hydrogen) atoms. The third kappa shape index (κ3) is 3.32. The van der Waals surface area contributed by atoms with Gasteiger partial charge in [-0.1, -0.05) is 29.8 Å². The second kappa shape index (κ2) is 6.13. The molecule has 3 nitrogen and oxygen atoms in total. The molecule has 1 unspecified atom stereocenters. The van der Waals surface area contributed by atoms with E-state index in [1.807, 2.05) is 26.0 Å². The van der Waals surface area contributed by atoms with Crippen LogP contribution in [-0.2, 0) is 10.3 Å². The predicted molar refractivity (Wildman–Crippen MR) is 93.2 cm³/mol. The fraction of sp³-hybridized carbons (Fsp3) is 0.267. The van der Waals surface area contributed by atoms with Crippen molar-refractivity contribution in [3.8, 4) is 0 Å². The summed E-state index contributed by atoms with van der Waals surface area (Å²) in [5, 5.41) is 3.33. The molecule has 0 heterocycles. The molecule has 2 rings (SSSR count). The first-order chi connectivity index (χ1) is 9.38. The standard InChI is InChI=1S/C15H16INO2S/c1-9-6-10(2)15(11(3)7-9)17-13-5-4-12(16)8-14(13)20(18)19/h4-8,13,17H,1-3H3. The summed E-state index contributed by atoms with van der Waals surface area (Å²) in [7, 11) is -2.22. The van der Waals surface area contributed by atoms with Crippen LogP contribution in [0, 0.1) is 20.8 Å². The van der Waals surface area contributed by atoms with Crippen molar-refractivity contribution in [3.05, 3.63) is 50.6 Å². The Labute approximate surface area is 134 Å². The molecule has 0 saturated carbocycles. The van der Waals surface area contributed by atoms with Crippen molar-refractivity contribution in [2.45, 2.75) is 26.8 Å². The van der Waals surface area contributed by atoms with Gasteiger partial charge in [-0.15, -0.1) is 0 Å². The van der Waals surface area contributed by atoms with Gasteiger partial charge in [-0.25, -0.2) is 0 Å². The molecule has 0 fully saturated rings. The summed E-state index contributed by atoms with van der Waals surface area (Å²) in [6, 6.07) is 3.87. The quantitative estimate of drug-likeness (QED) is 0.611. The van der Waals surface area contributed by atoms with Crippen LogP contribution in [0.2, 0.25) is 0 Å². The lowest BCUT2D eigenvalue weighted by Crippen LogP contribution is -2.29. The van der Waals surface area contributed by atoms with Crippen molar-refractivity contribution < 1.29 is 8.42 Å². The zero-order valence-electron chi connectivity index (χ0n) is 11.6. The number of benzene rings is 1. The molecule has 0 saturated heterocycles. The highest BCUT2D eigenvalue weighted by Gasteiger charge is 2.18. The summed E-state index contributed by atoms with van der Waals surface area (Å²) in [4.78, 5) is 0.372. The molecule has 0 radical (unpaired) electrons. The average Bonchev–Trinajstić information content (AvgIpc) is 2.34. The number of anilines is 1. The van der Waals surface area contributed by atoms with Gasteiger partial charge in [0.15, 0.2) is 0 Å². The molecule has 0 bridgehead atoms. The van der Waals surface area contributed by atoms with Gasteiger partial charge in [-0.2, -0.15) is 8.42 Å². The molecule has 0 spiro atoms. The van der Waals surface area contributed by atoms with E-state index in [-0.39, 0.29) is 6.04 Å². The molecule has 0 amide bonds. The van der Waals surface area contributed by atoms with E-state index in [1.165, 1.54) is 5.56 Å². The first-order valence-corrected chi connectivity index (χ1v) is 8.39. The lowest BCUT2D eigenvalue weighted by Gasteiger charge is -2.21. The van der Waals surface area contributed by atoms with Crippen LogP contribution in [0.15, 0.2) is 33.9 Å². The summed E-state index contributed by atoms with van der Waals surface area (Å²) in [6.45, 7) is 6.12. The highest BCUT2D eigenvalue weighted by atomic mass is 127. The Morgan fingerprint density at radius 3 is 2.30 bits per heavy atom. The van der Waals surface area contributed by atoms with Crippen LogP contribution in [0.25, 0.3) is 0 Å². The van der Waals surface area contributed by atoms with Gasteiger partial charge in [0.25, 0.3) is 0 Å². The fourth-order valence-corrected chi connectivity index (χ4v) is 3.71. The molecule has 5 heteroatoms. The molecule has 1 aliphatic carbocycles. The first kappa shape index (κ1) is 15.3. The SMILES string of the molecule is Cc1cc(C)c(NC2C=CC(I)=CC2=S(=O)=O)c(C)c1. The van der Waals surface area contributed by atoms with Gasteiger partial charge in [-0.3, -0.25) is 0 Å². The summed E-state index contributed by atoms with van der Waals surface area (Å²) in [5.41, 5.74) is 4.45. The molecule has 1 atom stereocenters. The number of nitrogens with one attached hydrogen (secondary N) is 1. The van der Waals surface area contributed by atoms with E-state index in [0.29, 0.717) is 4.86 Å². The summed E-state index contributed by atoms with van der Waals surface area (Å²) in [5.74, 6) is 0. The Kier molecular flexibility index (Phi) is 4.70. The van der Waals surface area contributed by atoms with Crippen LogP contribution in [0.5, 0.6) is 0 Å². The molecule has 1 aromatic rings. The monoisotopic (exact) mass is 401 g/mol. The van der Waals surface area contributed by atoms with E-state index in [9.17, 15) is 8.42 Å². The molecule has 0 aliphatic heterocycles. The number of allylic oxidation sites excluding steroid dienone is 2. The normalized spacial score (nSPS) is 17.9. The Morgan fingerprint density at radius 1 is 1.15 bits per heavy atom. The number of hydrogen-bond donors (Lipinski definition) is 1. The van der Waals surface area contributed by atoms with Gasteiger partial charge in [0, 0.05) is 9.27 Å². The highest BCUT2D eigenvalue weighted by Crippen LogP contribution is 2.25. The number of aryl methyl sites for hydroxylation is 3. The van der Waals surface area contributed by atoms with E-state index in [1.54, 1.807) is 6.08 Å². The maximum Gasteiger partial charge on any atom is 0.219 e. The van der Waals surface area contributed by atoms with Crippen LogP contribution in [0.4, 0.5) is 5.69 Å². The Hall–Kier alpha value is -1.08. The van der Waals surface area contributed by atoms with Crippen LogP contribution in [0.3, 0.4) is 0 Å². The second-order valence-corrected chi connectivity index (χ2v) is 7.11. The molecule has 1 aliphatic rings. The van der Waals surface area contributed by atoms with Gasteiger partial charge in [0.2, 0.25) is 10.3 Å². The van der Waals surface area contributed by atoms with Crippen LogP contribution >= 0.6 is 22.6 Å². The lowest BCUT2D eigenvalue weighted by atomic mass is 10.0. The molecular formula is C15H16INO2S. The first-order valence-electron chi connectivity index (χ1n) is 6.24. The van der Waals surface area contributed by atoms with Crippen molar-refractivity contribution in [1.29, 1.82) is 0 Å². The minimum atomic E-state index is -2.22. The van der Waals surface area contributed by atoms with Crippen LogP contribution in [0.1, 0.15) is 16.7 Å². The van der Waals surface area contributed by atoms with Crippen molar-refractivity contribution in [2.75, 3.05) is 5.32 Å². The third-order valence-electron chi connectivity index (χ3n) is 3.20. The van der Waals surface area contributed by atoms with E-state index < -0.39 is 10.3 Å². The zero-order valence-corrected chi connectivity index (χ0v) is 14.5. The minimum Gasteiger partial charge on any atom is -0.373 e. The van der Waals surface area contributed by atoms with Gasteiger partial charge >= 0.3 is 0 Å². The molecule has 0 aromatic heterocycles. The van der Waals surface area contributed by atoms with Crippen molar-refractivity contribution in [1.82, 2.24) is 0 Å². The smallest absolute Gasteiger partial charge is 0.219 e. The Morgan fingerprint density at radius 2 is 1.75 bits per heavy atom. The van der Waals surface area contributed by atoms with E-state index in [0.717, 1.165) is 20.4 Å². The summed E-state index contributed by atoms with van der Waals surface area (Å²) >= 11 is 2.12. The van der Waals surface area contributed by atoms with E-state index in [2.05, 4.69) is 47.0 Å². The fourth-order valence-electron chi connectivity index (χ4n) is 2.39. The lowest BCUT2D eigenvalue weighted by molar-refractivity contribution is 0.626. The molecule has 1 N–H and O–H groups in total. The Bertz CT molecular complexity index is 714. The van der Waals surface area contributed by atoms with Gasteiger partial charge in [0.05, 0.1) is 10.9 Å². The van der Waals surface area contributed by atoms with Crippen LogP contribution in [-0.4, -0.2) is 19.3 Å². The predicted octanol–water partition coefficient (Wildman–Crippen LogP) is 3.33. The van der Waals surface area contributed by atoms with Crippen LogP contribution < -0.4 is 5.32 Å². The number of rotatable bonds is 2. The Balaban J connectivity index is 2.41. The van der Waals surface area contributed by atoms with E-state index >= 15 is 0 Å². The average molecular weight is 401 g/mol. The maximum absolute atomic E-state index is 11.4. The van der Waals surface area contributed by atoms with Gasteiger partial charge in [0.1, 0.15) is 0 Å². The van der Waals surface area contributed by atoms with E-state index in [4.69, 9.17) is 0 Å².